The van der Waals surface area contributed by atoms with Crippen LogP contribution in [0.4, 0.5) is 4.39 Å². The second-order valence-electron chi connectivity index (χ2n) is 8.70. The number of halogens is 2. The molecule has 2 fully saturated rings. The van der Waals surface area contributed by atoms with Crippen LogP contribution in [0, 0.1) is 11.7 Å². The first-order valence-electron chi connectivity index (χ1n) is 11.0. The lowest BCUT2D eigenvalue weighted by molar-refractivity contribution is 0.0614. The molecule has 2 aliphatic heterocycles. The lowest BCUT2D eigenvalue weighted by atomic mass is 9.81. The minimum atomic E-state index is -0.239. The van der Waals surface area contributed by atoms with Crippen LogP contribution in [0.2, 0.25) is 5.02 Å². The highest BCUT2D eigenvalue weighted by molar-refractivity contribution is 6.31. The summed E-state index contributed by atoms with van der Waals surface area (Å²) >= 11 is 6.41. The number of carbonyl (C=O) groups excluding carboxylic acids is 1. The van der Waals surface area contributed by atoms with E-state index in [4.69, 9.17) is 11.6 Å². The van der Waals surface area contributed by atoms with Gasteiger partial charge in [-0.3, -0.25) is 14.7 Å². The van der Waals surface area contributed by atoms with E-state index in [2.05, 4.69) is 16.0 Å². The SMILES string of the molecule is O=C(c1ccncc1)N1C[C@H](c2ccc(F)cc2)[C@H]2CN(Cc3ccccc3Cl)CC[C@H]21. The number of benzene rings is 2. The molecule has 3 atom stereocenters. The fourth-order valence-corrected chi connectivity index (χ4v) is 5.47. The van der Waals surface area contributed by atoms with Gasteiger partial charge in [-0.1, -0.05) is 41.9 Å². The summed E-state index contributed by atoms with van der Waals surface area (Å²) in [5.41, 5.74) is 2.87. The zero-order valence-corrected chi connectivity index (χ0v) is 18.5. The lowest BCUT2D eigenvalue weighted by Gasteiger charge is -2.39. The Labute approximate surface area is 192 Å². The average Bonchev–Trinajstić information content (AvgIpc) is 3.20. The highest BCUT2D eigenvalue weighted by Gasteiger charge is 2.47. The molecular formula is C26H25ClFN3O. The predicted octanol–water partition coefficient (Wildman–Crippen LogP) is 5.00. The highest BCUT2D eigenvalue weighted by Crippen LogP contribution is 2.42. The van der Waals surface area contributed by atoms with Gasteiger partial charge in [0.1, 0.15) is 5.82 Å². The molecule has 2 aromatic carbocycles. The fourth-order valence-electron chi connectivity index (χ4n) is 5.27. The van der Waals surface area contributed by atoms with E-state index in [0.717, 1.165) is 42.2 Å². The Bertz CT molecular complexity index is 1090. The number of rotatable bonds is 4. The van der Waals surface area contributed by atoms with E-state index in [0.29, 0.717) is 12.1 Å². The summed E-state index contributed by atoms with van der Waals surface area (Å²) in [4.78, 5) is 21.9. The van der Waals surface area contributed by atoms with Crippen molar-refractivity contribution in [3.8, 4) is 0 Å². The molecule has 32 heavy (non-hydrogen) atoms. The third-order valence-corrected chi connectivity index (χ3v) is 7.22. The van der Waals surface area contributed by atoms with Gasteiger partial charge in [0.25, 0.3) is 5.91 Å². The maximum absolute atomic E-state index is 13.6. The van der Waals surface area contributed by atoms with Gasteiger partial charge in [-0.15, -0.1) is 0 Å². The van der Waals surface area contributed by atoms with Crippen LogP contribution < -0.4 is 0 Å². The second-order valence-corrected chi connectivity index (χ2v) is 9.11. The van der Waals surface area contributed by atoms with Crippen LogP contribution in [-0.2, 0) is 6.54 Å². The summed E-state index contributed by atoms with van der Waals surface area (Å²) in [5.74, 6) is 0.256. The number of carbonyl (C=O) groups is 1. The van der Waals surface area contributed by atoms with Gasteiger partial charge in [0, 0.05) is 67.0 Å². The summed E-state index contributed by atoms with van der Waals surface area (Å²) in [6.45, 7) is 3.21. The normalized spacial score (nSPS) is 23.2. The van der Waals surface area contributed by atoms with Gasteiger partial charge in [-0.2, -0.15) is 0 Å². The zero-order valence-electron chi connectivity index (χ0n) is 17.7. The first-order valence-corrected chi connectivity index (χ1v) is 11.4. The van der Waals surface area contributed by atoms with Gasteiger partial charge in [0.05, 0.1) is 0 Å². The van der Waals surface area contributed by atoms with Crippen molar-refractivity contribution in [2.75, 3.05) is 19.6 Å². The first-order chi connectivity index (χ1) is 15.6. The Morgan fingerprint density at radius 1 is 1.03 bits per heavy atom. The topological polar surface area (TPSA) is 36.4 Å². The molecule has 0 spiro atoms. The number of aromatic nitrogens is 1. The molecule has 5 rings (SSSR count). The third kappa shape index (κ3) is 4.15. The van der Waals surface area contributed by atoms with Crippen LogP contribution >= 0.6 is 11.6 Å². The van der Waals surface area contributed by atoms with Crippen molar-refractivity contribution in [3.63, 3.8) is 0 Å². The molecule has 0 unspecified atom stereocenters. The molecule has 0 radical (unpaired) electrons. The van der Waals surface area contributed by atoms with E-state index in [9.17, 15) is 9.18 Å². The summed E-state index contributed by atoms with van der Waals surface area (Å²) in [7, 11) is 0. The Balaban J connectivity index is 1.42. The Kier molecular flexibility index (Phi) is 5.94. The molecule has 3 heterocycles. The standard InChI is InChI=1S/C26H25ClFN3O/c27-24-4-2-1-3-20(24)15-30-14-11-25-23(16-30)22(18-5-7-21(28)8-6-18)17-31(25)26(32)19-9-12-29-13-10-19/h1-10,12-13,22-23,25H,11,14-17H2/t22-,23-,25-/m1/s1. The maximum atomic E-state index is 13.6. The smallest absolute Gasteiger partial charge is 0.254 e. The largest absolute Gasteiger partial charge is 0.335 e. The van der Waals surface area contributed by atoms with E-state index in [1.165, 1.54) is 12.1 Å². The van der Waals surface area contributed by atoms with E-state index in [1.54, 1.807) is 24.5 Å². The maximum Gasteiger partial charge on any atom is 0.254 e. The van der Waals surface area contributed by atoms with Gasteiger partial charge in [0.2, 0.25) is 0 Å². The molecule has 2 aliphatic rings. The number of nitrogens with zero attached hydrogens (tertiary/aromatic N) is 3. The van der Waals surface area contributed by atoms with Crippen molar-refractivity contribution in [1.82, 2.24) is 14.8 Å². The highest BCUT2D eigenvalue weighted by atomic mass is 35.5. The lowest BCUT2D eigenvalue weighted by Crippen LogP contribution is -2.47. The second kappa shape index (κ2) is 9.00. The predicted molar refractivity (Wildman–Crippen MR) is 123 cm³/mol. The van der Waals surface area contributed by atoms with E-state index < -0.39 is 0 Å². The van der Waals surface area contributed by atoms with Crippen LogP contribution in [0.25, 0.3) is 0 Å². The van der Waals surface area contributed by atoms with E-state index >= 15 is 0 Å². The molecule has 2 saturated heterocycles. The van der Waals surface area contributed by atoms with Crippen molar-refractivity contribution < 1.29 is 9.18 Å². The number of hydrogen-bond acceptors (Lipinski definition) is 3. The summed E-state index contributed by atoms with van der Waals surface area (Å²) in [6, 6.07) is 18.4. The molecular weight excluding hydrogens is 425 g/mol. The van der Waals surface area contributed by atoms with Crippen molar-refractivity contribution in [1.29, 1.82) is 0 Å². The summed E-state index contributed by atoms with van der Waals surface area (Å²) in [6.07, 6.45) is 4.22. The van der Waals surface area contributed by atoms with Gasteiger partial charge in [-0.25, -0.2) is 4.39 Å². The third-order valence-electron chi connectivity index (χ3n) is 6.85. The molecule has 0 N–H and O–H groups in total. The summed E-state index contributed by atoms with van der Waals surface area (Å²) in [5, 5.41) is 0.783. The van der Waals surface area contributed by atoms with Crippen LogP contribution in [0.15, 0.2) is 73.1 Å². The summed E-state index contributed by atoms with van der Waals surface area (Å²) < 4.78 is 13.6. The fraction of sp³-hybridized carbons (Fsp3) is 0.308. The molecule has 0 saturated carbocycles. The van der Waals surface area contributed by atoms with Crippen LogP contribution in [0.3, 0.4) is 0 Å². The molecule has 0 bridgehead atoms. The number of piperidine rings is 1. The zero-order chi connectivity index (χ0) is 22.1. The number of likely N-dealkylation sites (tertiary alicyclic amines) is 2. The molecule has 1 aromatic heterocycles. The van der Waals surface area contributed by atoms with Gasteiger partial charge < -0.3 is 4.90 Å². The van der Waals surface area contributed by atoms with Gasteiger partial charge in [0.15, 0.2) is 0 Å². The molecule has 4 nitrogen and oxygen atoms in total. The average molecular weight is 450 g/mol. The minimum Gasteiger partial charge on any atom is -0.335 e. The van der Waals surface area contributed by atoms with Gasteiger partial charge in [-0.05, 0) is 47.9 Å². The molecule has 0 aliphatic carbocycles. The van der Waals surface area contributed by atoms with Crippen LogP contribution in [0.5, 0.6) is 0 Å². The number of pyridine rings is 1. The van der Waals surface area contributed by atoms with Gasteiger partial charge >= 0.3 is 0 Å². The van der Waals surface area contributed by atoms with E-state index in [-0.39, 0.29) is 29.6 Å². The van der Waals surface area contributed by atoms with Crippen molar-refractivity contribution in [3.05, 3.63) is 101 Å². The van der Waals surface area contributed by atoms with Crippen LogP contribution in [-0.4, -0.2) is 46.4 Å². The van der Waals surface area contributed by atoms with Crippen molar-refractivity contribution in [2.45, 2.75) is 24.9 Å². The van der Waals surface area contributed by atoms with Crippen molar-refractivity contribution in [2.24, 2.45) is 5.92 Å². The minimum absolute atomic E-state index is 0.0477. The number of amides is 1. The number of hydrogen-bond donors (Lipinski definition) is 0. The Hall–Kier alpha value is -2.76. The van der Waals surface area contributed by atoms with Crippen LogP contribution in [0.1, 0.15) is 33.8 Å². The monoisotopic (exact) mass is 449 g/mol. The molecule has 3 aromatic rings. The van der Waals surface area contributed by atoms with Crippen molar-refractivity contribution >= 4 is 17.5 Å². The molecule has 164 valence electrons. The first kappa shape index (κ1) is 21.1. The molecule has 6 heteroatoms. The molecule has 1 amide bonds. The Morgan fingerprint density at radius 2 is 1.78 bits per heavy atom. The van der Waals surface area contributed by atoms with E-state index in [1.807, 2.05) is 35.2 Å². The Morgan fingerprint density at radius 3 is 2.53 bits per heavy atom. The quantitative estimate of drug-likeness (QED) is 0.562. The number of fused-ring (bicyclic) bond motifs is 1.